The number of nitriles is 1. The minimum absolute atomic E-state index is 0.0337. The second kappa shape index (κ2) is 12.7. The molecule has 0 radical (unpaired) electrons. The lowest BCUT2D eigenvalue weighted by molar-refractivity contribution is -0.432. The molecule has 1 aromatic carbocycles. The van der Waals surface area contributed by atoms with Gasteiger partial charge in [0, 0.05) is 23.5 Å². The van der Waals surface area contributed by atoms with Crippen molar-refractivity contribution in [3.63, 3.8) is 0 Å². The summed E-state index contributed by atoms with van der Waals surface area (Å²) in [5.74, 6) is -1.71. The molecule has 3 aromatic rings. The molecule has 16 heteroatoms. The van der Waals surface area contributed by atoms with Gasteiger partial charge >= 0.3 is 11.9 Å². The molecule has 0 aliphatic carbocycles. The van der Waals surface area contributed by atoms with E-state index in [9.17, 15) is 14.9 Å². The minimum atomic E-state index is -1.02. The normalized spacial score (nSPS) is 11.0. The Morgan fingerprint density at radius 2 is 1.83 bits per heavy atom. The highest BCUT2D eigenvalue weighted by molar-refractivity contribution is 7.94. The average Bonchev–Trinajstić information content (AvgIpc) is 3.24. The molecule has 0 bridgehead atoms. The number of carboxylic acids is 2. The molecule has 0 fully saturated rings. The standard InChI is InChI=1S/C20H19N7O7S2/c1-10-12(9-21)18(22-6-4-15(28)29)25-19(23-7-5-16(30)31)17(10)26-27-20-24-13-3-2-11(36-34-33-32)8-14(13)35-20/h2-3,8,32H,4-7H2,1H3,(H,28,29)(H,30,31)(H2,22,23,25). The van der Waals surface area contributed by atoms with Crippen LogP contribution in [-0.4, -0.2) is 50.5 Å². The van der Waals surface area contributed by atoms with Gasteiger partial charge in [0.1, 0.15) is 17.6 Å². The highest BCUT2D eigenvalue weighted by Gasteiger charge is 2.18. The van der Waals surface area contributed by atoms with E-state index >= 15 is 0 Å². The Balaban J connectivity index is 1.94. The van der Waals surface area contributed by atoms with Gasteiger partial charge in [-0.05, 0) is 25.1 Å². The molecule has 0 aliphatic heterocycles. The third kappa shape index (κ3) is 7.07. The molecule has 0 unspecified atom stereocenters. The number of carbonyl (C=O) groups is 2. The van der Waals surface area contributed by atoms with Gasteiger partial charge in [0.2, 0.25) is 5.13 Å². The fraction of sp³-hybridized carbons (Fsp3) is 0.250. The summed E-state index contributed by atoms with van der Waals surface area (Å²) < 4.78 is 5.19. The number of thiazole rings is 1. The molecule has 0 atom stereocenters. The maximum Gasteiger partial charge on any atom is 0.305 e. The zero-order valence-electron chi connectivity index (χ0n) is 18.6. The monoisotopic (exact) mass is 533 g/mol. The first-order valence-corrected chi connectivity index (χ1v) is 11.7. The fourth-order valence-electron chi connectivity index (χ4n) is 2.91. The van der Waals surface area contributed by atoms with Crippen LogP contribution in [0.15, 0.2) is 33.3 Å². The van der Waals surface area contributed by atoms with Crippen LogP contribution in [0.5, 0.6) is 0 Å². The van der Waals surface area contributed by atoms with Crippen molar-refractivity contribution in [2.24, 2.45) is 10.2 Å². The Hall–Kier alpha value is -3.88. The molecular weight excluding hydrogens is 514 g/mol. The molecule has 0 saturated carbocycles. The fourth-order valence-corrected chi connectivity index (χ4v) is 4.21. The number of fused-ring (bicyclic) bond motifs is 1. The molecule has 2 aromatic heterocycles. The first kappa shape index (κ1) is 26.7. The average molecular weight is 534 g/mol. The van der Waals surface area contributed by atoms with E-state index in [1.165, 1.54) is 11.3 Å². The first-order chi connectivity index (χ1) is 17.3. The topological polar surface area (TPSA) is 212 Å². The number of nitrogens with one attached hydrogen (secondary N) is 2. The van der Waals surface area contributed by atoms with Crippen LogP contribution in [0, 0.1) is 18.3 Å². The summed E-state index contributed by atoms with van der Waals surface area (Å²) in [5, 5.41) is 53.9. The third-order valence-corrected chi connectivity index (χ3v) is 6.01. The molecule has 36 heavy (non-hydrogen) atoms. The van der Waals surface area contributed by atoms with Gasteiger partial charge in [-0.1, -0.05) is 16.4 Å². The van der Waals surface area contributed by atoms with Crippen molar-refractivity contribution < 1.29 is 34.4 Å². The van der Waals surface area contributed by atoms with E-state index in [-0.39, 0.29) is 48.8 Å². The number of carboxylic acid groups (broad SMARTS) is 2. The number of anilines is 2. The van der Waals surface area contributed by atoms with Gasteiger partial charge in [0.15, 0.2) is 5.82 Å². The molecule has 3 rings (SSSR count). The van der Waals surface area contributed by atoms with Gasteiger partial charge in [0.25, 0.3) is 0 Å². The number of rotatable bonds is 13. The van der Waals surface area contributed by atoms with Gasteiger partial charge in [-0.2, -0.15) is 5.26 Å². The molecular formula is C20H19N7O7S2. The largest absolute Gasteiger partial charge is 0.481 e. The zero-order chi connectivity index (χ0) is 26.1. The summed E-state index contributed by atoms with van der Waals surface area (Å²) in [6, 6.07) is 7.23. The predicted octanol–water partition coefficient (Wildman–Crippen LogP) is 4.49. The number of azo groups is 1. The quantitative estimate of drug-likeness (QED) is 0.0887. The summed E-state index contributed by atoms with van der Waals surface area (Å²) in [6.07, 6.45) is -0.381. The Labute approximate surface area is 211 Å². The number of aromatic nitrogens is 2. The van der Waals surface area contributed by atoms with Gasteiger partial charge < -0.3 is 20.8 Å². The lowest BCUT2D eigenvalue weighted by atomic mass is 10.1. The first-order valence-electron chi connectivity index (χ1n) is 10.2. The van der Waals surface area contributed by atoms with E-state index in [0.29, 0.717) is 21.1 Å². The highest BCUT2D eigenvalue weighted by Crippen LogP contribution is 2.37. The molecule has 5 N–H and O–H groups in total. The summed E-state index contributed by atoms with van der Waals surface area (Å²) in [7, 11) is 0. The second-order valence-electron chi connectivity index (χ2n) is 6.96. The maximum absolute atomic E-state index is 10.9. The van der Waals surface area contributed by atoms with Gasteiger partial charge in [-0.3, -0.25) is 9.59 Å². The van der Waals surface area contributed by atoms with E-state index in [0.717, 1.165) is 16.7 Å². The highest BCUT2D eigenvalue weighted by atomic mass is 32.2. The second-order valence-corrected chi connectivity index (χ2v) is 8.75. The molecule has 0 spiro atoms. The molecule has 0 amide bonds. The Morgan fingerprint density at radius 1 is 1.14 bits per heavy atom. The van der Waals surface area contributed by atoms with E-state index < -0.39 is 11.9 Å². The van der Waals surface area contributed by atoms with Crippen LogP contribution >= 0.6 is 23.4 Å². The number of benzene rings is 1. The number of hydrogen-bond donors (Lipinski definition) is 5. The summed E-state index contributed by atoms with van der Waals surface area (Å²) in [5.41, 5.74) is 1.42. The van der Waals surface area contributed by atoms with Crippen LogP contribution < -0.4 is 10.6 Å². The molecule has 14 nitrogen and oxygen atoms in total. The SMILES string of the molecule is Cc1c(C#N)c(NCCC(=O)O)nc(NCCC(=O)O)c1N=Nc1nc2ccc(SOOO)cc2s1. The molecule has 188 valence electrons. The molecule has 2 heterocycles. The summed E-state index contributed by atoms with van der Waals surface area (Å²) >= 11 is 2.04. The molecule has 0 aliphatic rings. The summed E-state index contributed by atoms with van der Waals surface area (Å²) in [4.78, 5) is 31.2. The van der Waals surface area contributed by atoms with Crippen molar-refractivity contribution in [3.05, 3.63) is 29.3 Å². The maximum atomic E-state index is 10.9. The van der Waals surface area contributed by atoms with Crippen molar-refractivity contribution >= 4 is 68.0 Å². The van der Waals surface area contributed by atoms with Crippen molar-refractivity contribution in [2.45, 2.75) is 24.7 Å². The minimum Gasteiger partial charge on any atom is -0.481 e. The predicted molar refractivity (Wildman–Crippen MR) is 130 cm³/mol. The van der Waals surface area contributed by atoms with Crippen LogP contribution in [0.1, 0.15) is 24.0 Å². The van der Waals surface area contributed by atoms with Crippen molar-refractivity contribution in [3.8, 4) is 6.07 Å². The van der Waals surface area contributed by atoms with E-state index in [1.807, 2.05) is 6.07 Å². The Bertz CT molecular complexity index is 1340. The van der Waals surface area contributed by atoms with E-state index in [4.69, 9.17) is 15.5 Å². The van der Waals surface area contributed by atoms with Crippen LogP contribution in [0.3, 0.4) is 0 Å². The molecule has 0 saturated heterocycles. The van der Waals surface area contributed by atoms with Gasteiger partial charge in [0.05, 0.1) is 40.7 Å². The number of aliphatic carboxylic acids is 2. The van der Waals surface area contributed by atoms with Gasteiger partial charge in [-0.15, -0.1) is 14.6 Å². The van der Waals surface area contributed by atoms with Crippen LogP contribution in [0.25, 0.3) is 10.2 Å². The van der Waals surface area contributed by atoms with Crippen LogP contribution in [0.2, 0.25) is 0 Å². The van der Waals surface area contributed by atoms with E-state index in [2.05, 4.69) is 40.2 Å². The lowest BCUT2D eigenvalue weighted by Crippen LogP contribution is -2.13. The number of hydrogen-bond acceptors (Lipinski definition) is 14. The van der Waals surface area contributed by atoms with Crippen molar-refractivity contribution in [1.82, 2.24) is 9.97 Å². The van der Waals surface area contributed by atoms with Crippen LogP contribution in [0.4, 0.5) is 22.5 Å². The van der Waals surface area contributed by atoms with Crippen LogP contribution in [-0.2, 0) is 19.0 Å². The van der Waals surface area contributed by atoms with Crippen molar-refractivity contribution in [2.75, 3.05) is 23.7 Å². The third-order valence-electron chi connectivity index (χ3n) is 4.53. The Kier molecular flexibility index (Phi) is 9.44. The summed E-state index contributed by atoms with van der Waals surface area (Å²) in [6.45, 7) is 1.70. The smallest absolute Gasteiger partial charge is 0.305 e. The number of pyridine rings is 1. The zero-order valence-corrected chi connectivity index (χ0v) is 20.2. The van der Waals surface area contributed by atoms with Gasteiger partial charge in [-0.25, -0.2) is 15.2 Å². The Morgan fingerprint density at radius 3 is 2.47 bits per heavy atom. The lowest BCUT2D eigenvalue weighted by Gasteiger charge is -2.15. The van der Waals surface area contributed by atoms with Crippen molar-refractivity contribution in [1.29, 1.82) is 5.26 Å². The van der Waals surface area contributed by atoms with E-state index in [1.54, 1.807) is 25.1 Å². The number of nitrogens with zero attached hydrogens (tertiary/aromatic N) is 5.